The van der Waals surface area contributed by atoms with Crippen molar-refractivity contribution in [1.29, 1.82) is 0 Å². The molecule has 1 heterocycles. The maximum Gasteiger partial charge on any atom is 0.422 e. The van der Waals surface area contributed by atoms with Gasteiger partial charge >= 0.3 is 6.18 Å². The van der Waals surface area contributed by atoms with Gasteiger partial charge in [-0.05, 0) is 6.07 Å². The Morgan fingerprint density at radius 2 is 2.24 bits per heavy atom. The number of nitrogen functional groups attached to an aromatic ring is 1. The lowest BCUT2D eigenvalue weighted by Crippen LogP contribution is -2.30. The van der Waals surface area contributed by atoms with Crippen LogP contribution in [0.5, 0.6) is 5.88 Å². The number of hydrogen-bond acceptors (Lipinski definition) is 4. The molecule has 0 saturated carbocycles. The number of halogens is 4. The lowest BCUT2D eigenvalue weighted by Gasteiger charge is -2.10. The predicted molar refractivity (Wildman–Crippen MR) is 52.5 cm³/mol. The molecule has 3 N–H and O–H groups in total. The number of carbonyl (C=O) groups is 1. The van der Waals surface area contributed by atoms with E-state index in [-0.39, 0.29) is 10.6 Å². The van der Waals surface area contributed by atoms with Crippen LogP contribution in [0.2, 0.25) is 5.02 Å². The van der Waals surface area contributed by atoms with Crippen molar-refractivity contribution in [2.45, 2.75) is 6.18 Å². The summed E-state index contributed by atoms with van der Waals surface area (Å²) in [6.45, 7) is -1.55. The number of hydrogen-bond donors (Lipinski definition) is 2. The molecule has 17 heavy (non-hydrogen) atoms. The number of hydrazine groups is 1. The number of ether oxygens (including phenoxy) is 1. The van der Waals surface area contributed by atoms with Gasteiger partial charge in [-0.2, -0.15) is 13.2 Å². The number of aromatic nitrogens is 1. The SMILES string of the molecule is NNC(=O)c1ccnc(OCC(F)(F)F)c1Cl. The minimum absolute atomic E-state index is 0.124. The van der Waals surface area contributed by atoms with E-state index in [2.05, 4.69) is 9.72 Å². The summed E-state index contributed by atoms with van der Waals surface area (Å²) < 4.78 is 40.1. The molecule has 0 aromatic carbocycles. The van der Waals surface area contributed by atoms with Crippen LogP contribution in [0.3, 0.4) is 0 Å². The van der Waals surface area contributed by atoms with Gasteiger partial charge in [0.1, 0.15) is 5.02 Å². The average Bonchev–Trinajstić information content (AvgIpc) is 2.25. The number of carbonyl (C=O) groups excluding carboxylic acids is 1. The normalized spacial score (nSPS) is 11.1. The number of rotatable bonds is 3. The fourth-order valence-electron chi connectivity index (χ4n) is 0.928. The van der Waals surface area contributed by atoms with Gasteiger partial charge in [0.05, 0.1) is 5.56 Å². The van der Waals surface area contributed by atoms with Crippen LogP contribution < -0.4 is 16.0 Å². The van der Waals surface area contributed by atoms with Crippen molar-refractivity contribution >= 4 is 17.5 Å². The van der Waals surface area contributed by atoms with E-state index in [9.17, 15) is 18.0 Å². The van der Waals surface area contributed by atoms with Gasteiger partial charge in [-0.25, -0.2) is 10.8 Å². The van der Waals surface area contributed by atoms with Gasteiger partial charge in [-0.3, -0.25) is 10.2 Å². The number of alkyl halides is 3. The molecule has 0 unspecified atom stereocenters. The quantitative estimate of drug-likeness (QED) is 0.492. The number of pyridine rings is 1. The van der Waals surface area contributed by atoms with Gasteiger partial charge < -0.3 is 4.74 Å². The van der Waals surface area contributed by atoms with Crippen molar-refractivity contribution in [2.24, 2.45) is 5.84 Å². The fraction of sp³-hybridized carbons (Fsp3) is 0.250. The Bertz CT molecular complexity index is 425. The van der Waals surface area contributed by atoms with Crippen LogP contribution in [-0.4, -0.2) is 23.7 Å². The van der Waals surface area contributed by atoms with Crippen LogP contribution in [0.25, 0.3) is 0 Å². The summed E-state index contributed by atoms with van der Waals surface area (Å²) in [6.07, 6.45) is -3.43. The molecule has 1 rings (SSSR count). The summed E-state index contributed by atoms with van der Waals surface area (Å²) in [4.78, 5) is 14.6. The smallest absolute Gasteiger partial charge is 0.422 e. The third kappa shape index (κ3) is 3.75. The Morgan fingerprint density at radius 1 is 1.59 bits per heavy atom. The Labute approximate surface area is 98.7 Å². The average molecular weight is 270 g/mol. The molecular weight excluding hydrogens is 263 g/mol. The second-order valence-electron chi connectivity index (χ2n) is 2.85. The van der Waals surface area contributed by atoms with Gasteiger partial charge in [0.25, 0.3) is 5.91 Å². The fourth-order valence-corrected chi connectivity index (χ4v) is 1.18. The van der Waals surface area contributed by atoms with Gasteiger partial charge in [0.2, 0.25) is 5.88 Å². The predicted octanol–water partition coefficient (Wildman–Crippen LogP) is 1.28. The molecule has 0 aliphatic rings. The van der Waals surface area contributed by atoms with Crippen LogP contribution in [-0.2, 0) is 0 Å². The summed E-state index contributed by atoms with van der Waals surface area (Å²) in [5.74, 6) is 3.63. The zero-order valence-electron chi connectivity index (χ0n) is 8.21. The van der Waals surface area contributed by atoms with Crippen molar-refractivity contribution < 1.29 is 22.7 Å². The first-order valence-corrected chi connectivity index (χ1v) is 4.58. The summed E-state index contributed by atoms with van der Waals surface area (Å²) in [5.41, 5.74) is 1.67. The molecular formula is C8H7ClF3N3O2. The summed E-state index contributed by atoms with van der Waals surface area (Å²) in [5, 5.41) is -0.334. The molecule has 9 heteroatoms. The Morgan fingerprint density at radius 3 is 2.76 bits per heavy atom. The van der Waals surface area contributed by atoms with Gasteiger partial charge in [0.15, 0.2) is 6.61 Å². The zero-order valence-corrected chi connectivity index (χ0v) is 8.97. The molecule has 0 atom stereocenters. The van der Waals surface area contributed by atoms with E-state index in [4.69, 9.17) is 17.4 Å². The topological polar surface area (TPSA) is 77.2 Å². The second kappa shape index (κ2) is 5.19. The minimum atomic E-state index is -4.52. The van der Waals surface area contributed by atoms with Gasteiger partial charge in [-0.1, -0.05) is 11.6 Å². The molecule has 0 spiro atoms. The van der Waals surface area contributed by atoms with E-state index in [0.717, 1.165) is 6.20 Å². The van der Waals surface area contributed by atoms with E-state index >= 15 is 0 Å². The maximum atomic E-state index is 11.9. The van der Waals surface area contributed by atoms with Crippen molar-refractivity contribution in [3.63, 3.8) is 0 Å². The molecule has 1 aromatic heterocycles. The van der Waals surface area contributed by atoms with Crippen LogP contribution >= 0.6 is 11.6 Å². The number of nitrogens with zero attached hydrogens (tertiary/aromatic N) is 1. The molecule has 0 aliphatic carbocycles. The van der Waals surface area contributed by atoms with Crippen molar-refractivity contribution in [3.8, 4) is 5.88 Å². The third-order valence-corrected chi connectivity index (χ3v) is 1.97. The van der Waals surface area contributed by atoms with Crippen molar-refractivity contribution in [2.75, 3.05) is 6.61 Å². The zero-order chi connectivity index (χ0) is 13.1. The van der Waals surface area contributed by atoms with E-state index in [1.54, 1.807) is 5.43 Å². The molecule has 5 nitrogen and oxygen atoms in total. The number of nitrogens with two attached hydrogens (primary N) is 1. The highest BCUT2D eigenvalue weighted by atomic mass is 35.5. The molecule has 0 radical (unpaired) electrons. The molecule has 1 amide bonds. The van der Waals surface area contributed by atoms with Crippen LogP contribution in [0, 0.1) is 0 Å². The standard InChI is InChI=1S/C8H7ClF3N3O2/c9-5-4(6(16)15-13)1-2-14-7(5)17-3-8(10,11)12/h1-2H,3,13H2,(H,15,16). The number of amides is 1. The Hall–Kier alpha value is -1.54. The highest BCUT2D eigenvalue weighted by Crippen LogP contribution is 2.27. The summed E-state index contributed by atoms with van der Waals surface area (Å²) in [7, 11) is 0. The summed E-state index contributed by atoms with van der Waals surface area (Å²) >= 11 is 5.64. The van der Waals surface area contributed by atoms with E-state index < -0.39 is 24.6 Å². The third-order valence-electron chi connectivity index (χ3n) is 1.61. The first-order valence-electron chi connectivity index (χ1n) is 4.20. The Balaban J connectivity index is 2.91. The first kappa shape index (κ1) is 13.5. The lowest BCUT2D eigenvalue weighted by atomic mass is 10.2. The molecule has 0 saturated heterocycles. The van der Waals surface area contributed by atoms with Crippen molar-refractivity contribution in [1.82, 2.24) is 10.4 Å². The lowest BCUT2D eigenvalue weighted by molar-refractivity contribution is -0.154. The summed E-state index contributed by atoms with van der Waals surface area (Å²) in [6, 6.07) is 1.20. The molecule has 0 fully saturated rings. The number of nitrogens with one attached hydrogen (secondary N) is 1. The highest BCUT2D eigenvalue weighted by molar-refractivity contribution is 6.35. The molecule has 0 bridgehead atoms. The monoisotopic (exact) mass is 269 g/mol. The van der Waals surface area contributed by atoms with E-state index in [1.807, 2.05) is 0 Å². The minimum Gasteiger partial charge on any atom is -0.467 e. The maximum absolute atomic E-state index is 11.9. The van der Waals surface area contributed by atoms with Crippen molar-refractivity contribution in [3.05, 3.63) is 22.8 Å². The Kier molecular flexibility index (Phi) is 4.13. The highest BCUT2D eigenvalue weighted by Gasteiger charge is 2.29. The second-order valence-corrected chi connectivity index (χ2v) is 3.23. The molecule has 0 aliphatic heterocycles. The molecule has 94 valence electrons. The molecule has 1 aromatic rings. The van der Waals surface area contributed by atoms with Crippen LogP contribution in [0.15, 0.2) is 12.3 Å². The largest absolute Gasteiger partial charge is 0.467 e. The van der Waals surface area contributed by atoms with E-state index in [0.29, 0.717) is 0 Å². The van der Waals surface area contributed by atoms with Crippen LogP contribution in [0.4, 0.5) is 13.2 Å². The van der Waals surface area contributed by atoms with Gasteiger partial charge in [0, 0.05) is 6.20 Å². The van der Waals surface area contributed by atoms with Gasteiger partial charge in [-0.15, -0.1) is 0 Å². The first-order chi connectivity index (χ1) is 7.85. The van der Waals surface area contributed by atoms with E-state index in [1.165, 1.54) is 6.07 Å². The van der Waals surface area contributed by atoms with Crippen LogP contribution in [0.1, 0.15) is 10.4 Å².